The lowest BCUT2D eigenvalue weighted by atomic mass is 9.89. The number of para-hydroxylation sites is 1. The van der Waals surface area contributed by atoms with Crippen molar-refractivity contribution in [1.29, 1.82) is 0 Å². The Bertz CT molecular complexity index is 1120. The number of rotatable bonds is 12. The Morgan fingerprint density at radius 2 is 1.46 bits per heavy atom. The molecule has 0 saturated heterocycles. The molecule has 7 heteroatoms. The average Bonchev–Trinajstić information content (AvgIpc) is 2.86. The molecule has 0 heterocycles. The Balaban J connectivity index is 1.81. The van der Waals surface area contributed by atoms with Gasteiger partial charge in [0.2, 0.25) is 0 Å². The van der Waals surface area contributed by atoms with E-state index >= 15 is 0 Å². The van der Waals surface area contributed by atoms with Gasteiger partial charge in [-0.05, 0) is 48.7 Å². The number of aliphatic carboxylic acids is 1. The topological polar surface area (TPSA) is 92.7 Å². The van der Waals surface area contributed by atoms with Gasteiger partial charge in [0.1, 0.15) is 17.5 Å². The molecule has 0 spiro atoms. The molecule has 2 N–H and O–H groups in total. The summed E-state index contributed by atoms with van der Waals surface area (Å²) in [6.45, 7) is 2.98. The van der Waals surface area contributed by atoms with Crippen molar-refractivity contribution in [3.8, 4) is 11.5 Å². The van der Waals surface area contributed by atoms with Gasteiger partial charge in [-0.3, -0.25) is 19.7 Å². The van der Waals surface area contributed by atoms with E-state index in [0.717, 1.165) is 23.1 Å². The van der Waals surface area contributed by atoms with E-state index < -0.39 is 24.0 Å². The summed E-state index contributed by atoms with van der Waals surface area (Å²) in [6, 6.07) is 24.3. The molecule has 0 amide bonds. The highest BCUT2D eigenvalue weighted by atomic mass is 32.2. The highest BCUT2D eigenvalue weighted by Gasteiger charge is 2.31. The first-order valence-corrected chi connectivity index (χ1v) is 12.3. The minimum Gasteiger partial charge on any atom is -0.480 e. The third-order valence-corrected chi connectivity index (χ3v) is 6.45. The molecule has 6 nitrogen and oxygen atoms in total. The van der Waals surface area contributed by atoms with E-state index in [9.17, 15) is 19.5 Å². The van der Waals surface area contributed by atoms with E-state index in [4.69, 9.17) is 4.74 Å². The van der Waals surface area contributed by atoms with Crippen molar-refractivity contribution in [2.45, 2.75) is 32.4 Å². The molecule has 0 aliphatic heterocycles. The van der Waals surface area contributed by atoms with Gasteiger partial charge >= 0.3 is 5.97 Å². The van der Waals surface area contributed by atoms with Crippen LogP contribution < -0.4 is 10.1 Å². The second kappa shape index (κ2) is 12.9. The third-order valence-electron chi connectivity index (χ3n) is 5.48. The van der Waals surface area contributed by atoms with Gasteiger partial charge in [0.15, 0.2) is 10.9 Å². The van der Waals surface area contributed by atoms with Crippen molar-refractivity contribution in [2.75, 3.05) is 5.75 Å². The summed E-state index contributed by atoms with van der Waals surface area (Å²) in [5, 5.41) is 12.3. The number of benzene rings is 3. The maximum atomic E-state index is 13.7. The van der Waals surface area contributed by atoms with E-state index in [1.54, 1.807) is 12.1 Å². The normalized spacial score (nSPS) is 13.4. The number of hydrogen-bond acceptors (Lipinski definition) is 6. The molecular formula is C28H29NO5S. The largest absolute Gasteiger partial charge is 0.480 e. The second-order valence-corrected chi connectivity index (χ2v) is 9.43. The summed E-state index contributed by atoms with van der Waals surface area (Å²) in [7, 11) is 0. The minimum atomic E-state index is -1.04. The minimum absolute atomic E-state index is 0.0717. The molecule has 0 saturated carbocycles. The van der Waals surface area contributed by atoms with Gasteiger partial charge in [-0.25, -0.2) is 0 Å². The Morgan fingerprint density at radius 3 is 2.03 bits per heavy atom. The number of carboxylic acid groups (broad SMARTS) is 1. The van der Waals surface area contributed by atoms with Crippen LogP contribution in [0.3, 0.4) is 0 Å². The first-order valence-electron chi connectivity index (χ1n) is 11.4. The van der Waals surface area contributed by atoms with Crippen LogP contribution in [0.5, 0.6) is 11.5 Å². The average molecular weight is 492 g/mol. The zero-order chi connectivity index (χ0) is 25.2. The molecule has 0 bridgehead atoms. The van der Waals surface area contributed by atoms with Gasteiger partial charge < -0.3 is 9.84 Å². The zero-order valence-corrected chi connectivity index (χ0v) is 20.5. The second-order valence-electron chi connectivity index (χ2n) is 8.24. The van der Waals surface area contributed by atoms with Crippen molar-refractivity contribution in [1.82, 2.24) is 5.32 Å². The van der Waals surface area contributed by atoms with Crippen LogP contribution in [0.4, 0.5) is 0 Å². The monoisotopic (exact) mass is 491 g/mol. The quantitative estimate of drug-likeness (QED) is 0.356. The number of ether oxygens (including phenoxy) is 1. The summed E-state index contributed by atoms with van der Waals surface area (Å²) < 4.78 is 5.85. The highest BCUT2D eigenvalue weighted by Crippen LogP contribution is 2.26. The molecule has 0 aliphatic rings. The summed E-state index contributed by atoms with van der Waals surface area (Å²) in [6.07, 6.45) is 0.414. The number of hydrogen-bond donors (Lipinski definition) is 2. The number of carbonyl (C=O) groups excluding carboxylic acids is 2. The molecule has 35 heavy (non-hydrogen) atoms. The van der Waals surface area contributed by atoms with Crippen molar-refractivity contribution >= 4 is 28.6 Å². The Labute approximate surface area is 209 Å². The summed E-state index contributed by atoms with van der Waals surface area (Å²) in [4.78, 5) is 36.9. The molecule has 2 unspecified atom stereocenters. The number of ketones is 1. The van der Waals surface area contributed by atoms with Gasteiger partial charge in [-0.1, -0.05) is 72.4 Å². The summed E-state index contributed by atoms with van der Waals surface area (Å²) >= 11 is 1.10. The summed E-state index contributed by atoms with van der Waals surface area (Å²) in [5.41, 5.74) is 1.61. The first kappa shape index (κ1) is 26.2. The predicted octanol–water partition coefficient (Wildman–Crippen LogP) is 5.29. The molecule has 3 rings (SSSR count). The van der Waals surface area contributed by atoms with E-state index in [1.165, 1.54) is 13.8 Å². The number of carbonyl (C=O) groups is 3. The van der Waals surface area contributed by atoms with Crippen LogP contribution in [0, 0.1) is 5.92 Å². The van der Waals surface area contributed by atoms with E-state index in [2.05, 4.69) is 5.32 Å². The maximum Gasteiger partial charge on any atom is 0.320 e. The van der Waals surface area contributed by atoms with Gasteiger partial charge in [0, 0.05) is 18.6 Å². The highest BCUT2D eigenvalue weighted by molar-refractivity contribution is 8.13. The number of Topliss-reactive ketones (excluding diaryl/α,β-unsaturated/α-hetero) is 1. The fraction of sp³-hybridized carbons (Fsp3) is 0.250. The van der Waals surface area contributed by atoms with Crippen LogP contribution in [0.25, 0.3) is 0 Å². The molecule has 3 aromatic carbocycles. The van der Waals surface area contributed by atoms with E-state index in [1.807, 2.05) is 72.8 Å². The van der Waals surface area contributed by atoms with Gasteiger partial charge in [-0.2, -0.15) is 0 Å². The standard InChI is InChI=1S/C28H29NO5S/c1-19(28(32)33)29-26(22-9-5-3-6-10-22)27(31)23(18-35-20(2)30)17-21-13-15-25(16-14-21)34-24-11-7-4-8-12-24/h3-16,19,23,26,29H,17-18H2,1-2H3,(H,32,33)/t19?,23-,26?/m1/s1. The third kappa shape index (κ3) is 8.09. The van der Waals surface area contributed by atoms with E-state index in [0.29, 0.717) is 23.5 Å². The molecule has 0 aromatic heterocycles. The Morgan fingerprint density at radius 1 is 0.886 bits per heavy atom. The Hall–Kier alpha value is -3.42. The lowest BCUT2D eigenvalue weighted by Crippen LogP contribution is -2.42. The van der Waals surface area contributed by atoms with Crippen LogP contribution in [0.2, 0.25) is 0 Å². The molecule has 0 aliphatic carbocycles. The SMILES string of the molecule is CC(=O)SC[C@@H](Cc1ccc(Oc2ccccc2)cc1)C(=O)C(NC(C)C(=O)O)c1ccccc1. The van der Waals surface area contributed by atoms with Crippen LogP contribution in [0.1, 0.15) is 31.0 Å². The zero-order valence-electron chi connectivity index (χ0n) is 19.7. The molecule has 0 fully saturated rings. The number of carboxylic acids is 1. The maximum absolute atomic E-state index is 13.7. The van der Waals surface area contributed by atoms with Crippen molar-refractivity contribution in [3.63, 3.8) is 0 Å². The first-order chi connectivity index (χ1) is 16.8. The molecule has 3 atom stereocenters. The number of nitrogens with one attached hydrogen (secondary N) is 1. The van der Waals surface area contributed by atoms with Crippen molar-refractivity contribution < 1.29 is 24.2 Å². The van der Waals surface area contributed by atoms with Crippen LogP contribution >= 0.6 is 11.8 Å². The van der Waals surface area contributed by atoms with Crippen LogP contribution in [-0.2, 0) is 20.8 Å². The fourth-order valence-electron chi connectivity index (χ4n) is 3.61. The van der Waals surface area contributed by atoms with E-state index in [-0.39, 0.29) is 10.9 Å². The predicted molar refractivity (Wildman–Crippen MR) is 138 cm³/mol. The molecule has 3 aromatic rings. The molecule has 182 valence electrons. The van der Waals surface area contributed by atoms with Gasteiger partial charge in [0.05, 0.1) is 6.04 Å². The smallest absolute Gasteiger partial charge is 0.320 e. The molecule has 0 radical (unpaired) electrons. The lowest BCUT2D eigenvalue weighted by molar-refractivity contribution is -0.139. The van der Waals surface area contributed by atoms with Gasteiger partial charge in [-0.15, -0.1) is 0 Å². The van der Waals surface area contributed by atoms with Gasteiger partial charge in [0.25, 0.3) is 0 Å². The molecular weight excluding hydrogens is 462 g/mol. The lowest BCUT2D eigenvalue weighted by Gasteiger charge is -2.25. The summed E-state index contributed by atoms with van der Waals surface area (Å²) in [5.74, 6) is 0.0344. The Kier molecular flexibility index (Phi) is 9.64. The van der Waals surface area contributed by atoms with Crippen LogP contribution in [0.15, 0.2) is 84.9 Å². The number of thioether (sulfide) groups is 1. The van der Waals surface area contributed by atoms with Crippen LogP contribution in [-0.4, -0.2) is 33.8 Å². The van der Waals surface area contributed by atoms with Crippen molar-refractivity contribution in [3.05, 3.63) is 96.1 Å². The van der Waals surface area contributed by atoms with Crippen molar-refractivity contribution in [2.24, 2.45) is 5.92 Å². The fourth-order valence-corrected chi connectivity index (χ4v) is 4.33.